The summed E-state index contributed by atoms with van der Waals surface area (Å²) in [6.45, 7) is 0. The van der Waals surface area contributed by atoms with Crippen molar-refractivity contribution >= 4 is 22.8 Å². The molecule has 0 saturated carbocycles. The van der Waals surface area contributed by atoms with E-state index in [9.17, 15) is 0 Å². The van der Waals surface area contributed by atoms with Crippen LogP contribution in [0.2, 0.25) is 0 Å². The predicted molar refractivity (Wildman–Crippen MR) is 72.1 cm³/mol. The lowest BCUT2D eigenvalue weighted by Crippen LogP contribution is -3.00. The van der Waals surface area contributed by atoms with Crippen molar-refractivity contribution < 1.29 is 17.0 Å². The van der Waals surface area contributed by atoms with Gasteiger partial charge < -0.3 is 22.0 Å². The van der Waals surface area contributed by atoms with Gasteiger partial charge in [-0.3, -0.25) is 0 Å². The zero-order valence-electron chi connectivity index (χ0n) is 9.64. The molecule has 0 aliphatic heterocycles. The molecule has 0 aliphatic rings. The van der Waals surface area contributed by atoms with Crippen molar-refractivity contribution in [3.63, 3.8) is 0 Å². The van der Waals surface area contributed by atoms with Gasteiger partial charge in [0.1, 0.15) is 0 Å². The van der Waals surface area contributed by atoms with Crippen LogP contribution in [0.5, 0.6) is 0 Å². The Morgan fingerprint density at radius 3 is 2.44 bits per heavy atom. The number of thioether (sulfide) groups is 1. The van der Waals surface area contributed by atoms with Crippen molar-refractivity contribution in [3.8, 4) is 0 Å². The summed E-state index contributed by atoms with van der Waals surface area (Å²) < 4.78 is 0. The van der Waals surface area contributed by atoms with E-state index in [4.69, 9.17) is 0 Å². The number of H-pyrrole nitrogens is 1. The maximum Gasteiger partial charge on any atom is 0.166 e. The van der Waals surface area contributed by atoms with Crippen LogP contribution < -0.4 is 17.0 Å². The Morgan fingerprint density at radius 2 is 1.67 bits per heavy atom. The summed E-state index contributed by atoms with van der Waals surface area (Å²) in [6.07, 6.45) is 0. The van der Waals surface area contributed by atoms with Crippen molar-refractivity contribution in [2.75, 3.05) is 0 Å². The molecule has 1 heterocycles. The summed E-state index contributed by atoms with van der Waals surface area (Å²) in [7, 11) is 0. The Balaban J connectivity index is 0.00000120. The standard InChI is InChI=1S/C14H12N2S.BrH/c1-2-6-11(7-3-1)10-17-14-15-12-8-4-5-9-13(12)16-14;/h1-9H,10H2,(H,15,16);1H/p-1. The molecule has 18 heavy (non-hydrogen) atoms. The number of halogens is 1. The van der Waals surface area contributed by atoms with Crippen molar-refractivity contribution in [2.45, 2.75) is 10.9 Å². The lowest BCUT2D eigenvalue weighted by atomic mass is 10.2. The van der Waals surface area contributed by atoms with Gasteiger partial charge in [0.15, 0.2) is 5.16 Å². The summed E-state index contributed by atoms with van der Waals surface area (Å²) in [5, 5.41) is 0.982. The fourth-order valence-electron chi connectivity index (χ4n) is 1.72. The van der Waals surface area contributed by atoms with Gasteiger partial charge >= 0.3 is 0 Å². The van der Waals surface area contributed by atoms with Gasteiger partial charge in [-0.1, -0.05) is 54.2 Å². The maximum absolute atomic E-state index is 4.54. The highest BCUT2D eigenvalue weighted by molar-refractivity contribution is 7.98. The van der Waals surface area contributed by atoms with E-state index in [0.717, 1.165) is 21.9 Å². The summed E-state index contributed by atoms with van der Waals surface area (Å²) in [5.41, 5.74) is 3.45. The fourth-order valence-corrected chi connectivity index (χ4v) is 2.56. The molecule has 4 heteroatoms. The number of fused-ring (bicyclic) bond motifs is 1. The fraction of sp³-hybridized carbons (Fsp3) is 0.0714. The van der Waals surface area contributed by atoms with Gasteiger partial charge in [-0.2, -0.15) is 0 Å². The van der Waals surface area contributed by atoms with Gasteiger partial charge in [0.05, 0.1) is 11.0 Å². The summed E-state index contributed by atoms with van der Waals surface area (Å²) in [6, 6.07) is 18.5. The monoisotopic (exact) mass is 319 g/mol. The van der Waals surface area contributed by atoms with Crippen molar-refractivity contribution in [1.82, 2.24) is 9.97 Å². The van der Waals surface area contributed by atoms with Crippen LogP contribution in [-0.4, -0.2) is 9.97 Å². The zero-order valence-corrected chi connectivity index (χ0v) is 12.0. The minimum atomic E-state index is 0. The van der Waals surface area contributed by atoms with E-state index < -0.39 is 0 Å². The van der Waals surface area contributed by atoms with Crippen molar-refractivity contribution in [1.29, 1.82) is 0 Å². The molecule has 92 valence electrons. The Bertz CT molecular complexity index is 589. The van der Waals surface area contributed by atoms with E-state index in [-0.39, 0.29) is 17.0 Å². The molecule has 3 rings (SSSR count). The van der Waals surface area contributed by atoms with Gasteiger partial charge in [-0.15, -0.1) is 0 Å². The minimum absolute atomic E-state index is 0. The summed E-state index contributed by atoms with van der Waals surface area (Å²) >= 11 is 1.73. The Labute approximate surface area is 121 Å². The van der Waals surface area contributed by atoms with E-state index in [1.165, 1.54) is 5.56 Å². The molecule has 2 aromatic carbocycles. The van der Waals surface area contributed by atoms with Gasteiger partial charge in [-0.05, 0) is 17.7 Å². The van der Waals surface area contributed by atoms with E-state index in [1.807, 2.05) is 24.3 Å². The molecule has 1 N–H and O–H groups in total. The first-order chi connectivity index (χ1) is 8.42. The van der Waals surface area contributed by atoms with Gasteiger partial charge in [0.25, 0.3) is 0 Å². The number of para-hydroxylation sites is 2. The molecule has 0 spiro atoms. The molecular weight excluding hydrogens is 308 g/mol. The molecule has 0 amide bonds. The first kappa shape index (κ1) is 13.2. The Hall–Kier alpha value is -1.26. The van der Waals surface area contributed by atoms with E-state index in [2.05, 4.69) is 40.3 Å². The molecule has 0 unspecified atom stereocenters. The van der Waals surface area contributed by atoms with Crippen LogP contribution in [0.15, 0.2) is 59.8 Å². The smallest absolute Gasteiger partial charge is 0.166 e. The van der Waals surface area contributed by atoms with E-state index in [0.29, 0.717) is 0 Å². The molecule has 2 nitrogen and oxygen atoms in total. The quantitative estimate of drug-likeness (QED) is 0.725. The second kappa shape index (κ2) is 6.07. The normalized spacial score (nSPS) is 10.2. The number of imidazole rings is 1. The lowest BCUT2D eigenvalue weighted by Gasteiger charge is -1.97. The topological polar surface area (TPSA) is 28.7 Å². The zero-order chi connectivity index (χ0) is 11.5. The van der Waals surface area contributed by atoms with Crippen molar-refractivity contribution in [3.05, 3.63) is 60.2 Å². The highest BCUT2D eigenvalue weighted by Gasteiger charge is 2.02. The highest BCUT2D eigenvalue weighted by Crippen LogP contribution is 2.22. The van der Waals surface area contributed by atoms with Gasteiger partial charge in [-0.25, -0.2) is 4.98 Å². The Morgan fingerprint density at radius 1 is 0.944 bits per heavy atom. The van der Waals surface area contributed by atoms with Crippen molar-refractivity contribution in [2.24, 2.45) is 0 Å². The van der Waals surface area contributed by atoms with Crippen LogP contribution in [0, 0.1) is 0 Å². The minimum Gasteiger partial charge on any atom is -1.00 e. The number of nitrogens with one attached hydrogen (secondary N) is 1. The number of benzene rings is 2. The molecule has 0 radical (unpaired) electrons. The number of hydrogen-bond acceptors (Lipinski definition) is 2. The van der Waals surface area contributed by atoms with Crippen LogP contribution in [0.4, 0.5) is 0 Å². The third kappa shape index (κ3) is 2.94. The second-order valence-electron chi connectivity index (χ2n) is 3.83. The predicted octanol–water partition coefficient (Wildman–Crippen LogP) is 0.859. The molecule has 0 fully saturated rings. The highest BCUT2D eigenvalue weighted by atomic mass is 79.9. The molecule has 3 aromatic rings. The number of hydrogen-bond donors (Lipinski definition) is 1. The van der Waals surface area contributed by atoms with Gasteiger partial charge in [0.2, 0.25) is 0 Å². The van der Waals surface area contributed by atoms with Crippen LogP contribution in [-0.2, 0) is 5.75 Å². The first-order valence-electron chi connectivity index (χ1n) is 5.53. The van der Waals surface area contributed by atoms with Crippen LogP contribution in [0.3, 0.4) is 0 Å². The van der Waals surface area contributed by atoms with Crippen LogP contribution in [0.1, 0.15) is 5.56 Å². The molecule has 1 aromatic heterocycles. The van der Waals surface area contributed by atoms with Gasteiger partial charge in [0, 0.05) is 5.75 Å². The maximum atomic E-state index is 4.54. The SMILES string of the molecule is [Br-].c1ccc(CSc2nc3ccccc3[nH]2)cc1. The molecular formula is C14H12BrN2S-. The average Bonchev–Trinajstić information content (AvgIpc) is 2.80. The number of rotatable bonds is 3. The van der Waals surface area contributed by atoms with E-state index >= 15 is 0 Å². The number of nitrogens with zero attached hydrogens (tertiary/aromatic N) is 1. The third-order valence-corrected chi connectivity index (χ3v) is 3.53. The molecule has 0 bridgehead atoms. The Kier molecular flexibility index (Phi) is 4.44. The first-order valence-corrected chi connectivity index (χ1v) is 6.52. The molecule has 0 aliphatic carbocycles. The summed E-state index contributed by atoms with van der Waals surface area (Å²) in [4.78, 5) is 7.85. The number of aromatic amines is 1. The lowest BCUT2D eigenvalue weighted by molar-refractivity contribution is -0.00000344. The molecule has 0 saturated heterocycles. The van der Waals surface area contributed by atoms with Crippen LogP contribution >= 0.6 is 11.8 Å². The largest absolute Gasteiger partial charge is 1.00 e. The third-order valence-electron chi connectivity index (χ3n) is 2.59. The molecule has 0 atom stereocenters. The van der Waals surface area contributed by atoms with Crippen LogP contribution in [0.25, 0.3) is 11.0 Å². The van der Waals surface area contributed by atoms with E-state index in [1.54, 1.807) is 11.8 Å². The average molecular weight is 320 g/mol. The second-order valence-corrected chi connectivity index (χ2v) is 4.80. The summed E-state index contributed by atoms with van der Waals surface area (Å²) in [5.74, 6) is 0.945. The number of aromatic nitrogens is 2.